The first kappa shape index (κ1) is 13.4. The lowest BCUT2D eigenvalue weighted by Crippen LogP contribution is -2.48. The summed E-state index contributed by atoms with van der Waals surface area (Å²) in [6, 6.07) is 5.27. The molecule has 19 heavy (non-hydrogen) atoms. The minimum absolute atomic E-state index is 0.205. The Bertz CT molecular complexity index is 448. The van der Waals surface area contributed by atoms with Crippen molar-refractivity contribution in [3.05, 3.63) is 34.6 Å². The molecule has 0 amide bonds. The van der Waals surface area contributed by atoms with Crippen LogP contribution < -0.4 is 5.32 Å². The van der Waals surface area contributed by atoms with E-state index in [-0.39, 0.29) is 16.4 Å². The van der Waals surface area contributed by atoms with E-state index < -0.39 is 0 Å². The van der Waals surface area contributed by atoms with Crippen molar-refractivity contribution in [2.24, 2.45) is 5.92 Å². The zero-order chi connectivity index (χ0) is 13.3. The van der Waals surface area contributed by atoms with E-state index in [0.29, 0.717) is 0 Å². The fourth-order valence-corrected chi connectivity index (χ4v) is 3.58. The Labute approximate surface area is 119 Å². The first-order valence-corrected chi connectivity index (χ1v) is 7.76. The van der Waals surface area contributed by atoms with Crippen LogP contribution in [0.25, 0.3) is 0 Å². The quantitative estimate of drug-likeness (QED) is 0.869. The molecule has 2 fully saturated rings. The highest BCUT2D eigenvalue weighted by Crippen LogP contribution is 2.45. The zero-order valence-corrected chi connectivity index (χ0v) is 12.0. The Kier molecular flexibility index (Phi) is 3.81. The van der Waals surface area contributed by atoms with Crippen molar-refractivity contribution in [3.8, 4) is 0 Å². The van der Waals surface area contributed by atoms with E-state index in [4.69, 9.17) is 11.6 Å². The van der Waals surface area contributed by atoms with Crippen LogP contribution in [0.1, 0.15) is 44.1 Å². The van der Waals surface area contributed by atoms with E-state index in [2.05, 4.69) is 5.32 Å². The molecule has 1 aromatic carbocycles. The summed E-state index contributed by atoms with van der Waals surface area (Å²) >= 11 is 5.77. The molecule has 1 unspecified atom stereocenters. The highest BCUT2D eigenvalue weighted by atomic mass is 35.5. The van der Waals surface area contributed by atoms with Gasteiger partial charge in [0.15, 0.2) is 0 Å². The van der Waals surface area contributed by atoms with Crippen molar-refractivity contribution in [2.45, 2.75) is 50.5 Å². The summed E-state index contributed by atoms with van der Waals surface area (Å²) in [6.45, 7) is 1.10. The summed E-state index contributed by atoms with van der Waals surface area (Å²) in [5.74, 6) is 0.489. The van der Waals surface area contributed by atoms with Gasteiger partial charge in [-0.1, -0.05) is 30.5 Å². The van der Waals surface area contributed by atoms with Crippen LogP contribution in [-0.4, -0.2) is 12.1 Å². The molecule has 1 saturated heterocycles. The summed E-state index contributed by atoms with van der Waals surface area (Å²) in [5, 5.41) is 4.00. The molecule has 1 heterocycles. The van der Waals surface area contributed by atoms with Gasteiger partial charge in [-0.3, -0.25) is 0 Å². The summed E-state index contributed by atoms with van der Waals surface area (Å²) < 4.78 is 13.6. The van der Waals surface area contributed by atoms with Crippen LogP contribution in [-0.2, 0) is 6.42 Å². The fraction of sp³-hybridized carbons (Fsp3) is 0.625. The van der Waals surface area contributed by atoms with Crippen molar-refractivity contribution < 1.29 is 4.39 Å². The Hall–Kier alpha value is -0.600. The first-order chi connectivity index (χ1) is 9.20. The van der Waals surface area contributed by atoms with Gasteiger partial charge in [-0.15, -0.1) is 0 Å². The van der Waals surface area contributed by atoms with E-state index >= 15 is 0 Å². The molecule has 3 heteroatoms. The maximum atomic E-state index is 13.6. The summed E-state index contributed by atoms with van der Waals surface area (Å²) in [5.41, 5.74) is 1.28. The van der Waals surface area contributed by atoms with Crippen molar-refractivity contribution in [1.82, 2.24) is 5.32 Å². The summed E-state index contributed by atoms with van der Waals surface area (Å²) in [6.07, 6.45) is 8.68. The van der Waals surface area contributed by atoms with E-state index in [1.165, 1.54) is 38.5 Å². The maximum absolute atomic E-state index is 13.6. The van der Waals surface area contributed by atoms with Gasteiger partial charge >= 0.3 is 0 Å². The second kappa shape index (κ2) is 5.41. The standard InChI is InChI=1S/C16H21ClFN/c17-14-7-4-12(10-15(14)18)11-16(13-5-6-13)8-2-1-3-9-19-16/h4,7,10,13,19H,1-3,5-6,8-9,11H2. The second-order valence-corrected chi connectivity index (χ2v) is 6.50. The zero-order valence-electron chi connectivity index (χ0n) is 11.2. The average molecular weight is 282 g/mol. The number of hydrogen-bond donors (Lipinski definition) is 1. The van der Waals surface area contributed by atoms with Gasteiger partial charge in [-0.05, 0) is 62.3 Å². The molecule has 1 atom stereocenters. The minimum Gasteiger partial charge on any atom is -0.311 e. The Balaban J connectivity index is 1.82. The maximum Gasteiger partial charge on any atom is 0.142 e. The third-order valence-electron chi connectivity index (χ3n) is 4.64. The van der Waals surface area contributed by atoms with Crippen LogP contribution >= 0.6 is 11.6 Å². The van der Waals surface area contributed by atoms with Crippen molar-refractivity contribution >= 4 is 11.6 Å². The molecule has 1 aliphatic carbocycles. The smallest absolute Gasteiger partial charge is 0.142 e. The van der Waals surface area contributed by atoms with Crippen molar-refractivity contribution in [3.63, 3.8) is 0 Å². The van der Waals surface area contributed by atoms with Gasteiger partial charge < -0.3 is 5.32 Å². The molecule has 104 valence electrons. The molecular weight excluding hydrogens is 261 g/mol. The molecule has 0 aromatic heterocycles. The lowest BCUT2D eigenvalue weighted by molar-refractivity contribution is 0.270. The van der Waals surface area contributed by atoms with E-state index in [1.807, 2.05) is 6.07 Å². The molecule has 1 saturated carbocycles. The van der Waals surface area contributed by atoms with Gasteiger partial charge in [0.1, 0.15) is 5.82 Å². The van der Waals surface area contributed by atoms with Crippen molar-refractivity contribution in [1.29, 1.82) is 0 Å². The highest BCUT2D eigenvalue weighted by Gasteiger charge is 2.44. The molecule has 1 nitrogen and oxygen atoms in total. The minimum atomic E-state index is -0.293. The lowest BCUT2D eigenvalue weighted by atomic mass is 9.82. The average Bonchev–Trinajstić information content (AvgIpc) is 3.21. The molecule has 1 aliphatic heterocycles. The number of benzene rings is 1. The molecule has 0 bridgehead atoms. The fourth-order valence-electron chi connectivity index (χ4n) is 3.46. The van der Waals surface area contributed by atoms with Gasteiger partial charge in [0, 0.05) is 5.54 Å². The van der Waals surface area contributed by atoms with Gasteiger partial charge in [0.05, 0.1) is 5.02 Å². The molecular formula is C16H21ClFN. The van der Waals surface area contributed by atoms with Crippen LogP contribution in [0.3, 0.4) is 0 Å². The van der Waals surface area contributed by atoms with Gasteiger partial charge in [0.2, 0.25) is 0 Å². The number of hydrogen-bond acceptors (Lipinski definition) is 1. The van der Waals surface area contributed by atoms with Crippen LogP contribution in [0.5, 0.6) is 0 Å². The molecule has 1 aromatic rings. The van der Waals surface area contributed by atoms with Gasteiger partial charge in [-0.2, -0.15) is 0 Å². The van der Waals surface area contributed by atoms with E-state index in [9.17, 15) is 4.39 Å². The lowest BCUT2D eigenvalue weighted by Gasteiger charge is -2.34. The predicted molar refractivity (Wildman–Crippen MR) is 77.0 cm³/mol. The van der Waals surface area contributed by atoms with Crippen LogP contribution in [0.4, 0.5) is 4.39 Å². The van der Waals surface area contributed by atoms with Crippen LogP contribution in [0.2, 0.25) is 5.02 Å². The Morgan fingerprint density at radius 3 is 2.84 bits per heavy atom. The second-order valence-electron chi connectivity index (χ2n) is 6.09. The van der Waals surface area contributed by atoms with E-state index in [1.54, 1.807) is 12.1 Å². The Morgan fingerprint density at radius 1 is 1.26 bits per heavy atom. The largest absolute Gasteiger partial charge is 0.311 e. The first-order valence-electron chi connectivity index (χ1n) is 7.39. The van der Waals surface area contributed by atoms with Crippen LogP contribution in [0.15, 0.2) is 18.2 Å². The molecule has 2 aliphatic rings. The highest BCUT2D eigenvalue weighted by molar-refractivity contribution is 6.30. The topological polar surface area (TPSA) is 12.0 Å². The molecule has 1 N–H and O–H groups in total. The van der Waals surface area contributed by atoms with E-state index in [0.717, 1.165) is 24.4 Å². The third kappa shape index (κ3) is 2.95. The predicted octanol–water partition coefficient (Wildman–Crippen LogP) is 4.33. The molecule has 0 spiro atoms. The van der Waals surface area contributed by atoms with Gasteiger partial charge in [0.25, 0.3) is 0 Å². The van der Waals surface area contributed by atoms with Crippen LogP contribution in [0, 0.1) is 11.7 Å². The molecule has 0 radical (unpaired) electrons. The summed E-state index contributed by atoms with van der Waals surface area (Å²) in [7, 11) is 0. The molecule has 3 rings (SSSR count). The Morgan fingerprint density at radius 2 is 2.11 bits per heavy atom. The SMILES string of the molecule is Fc1cc(CC2(C3CC3)CCCCCN2)ccc1Cl. The summed E-state index contributed by atoms with van der Waals surface area (Å²) in [4.78, 5) is 0. The van der Waals surface area contributed by atoms with Gasteiger partial charge in [-0.25, -0.2) is 4.39 Å². The van der Waals surface area contributed by atoms with Crippen molar-refractivity contribution in [2.75, 3.05) is 6.54 Å². The number of rotatable bonds is 3. The number of nitrogens with one attached hydrogen (secondary N) is 1. The monoisotopic (exact) mass is 281 g/mol. The number of halogens is 2. The third-order valence-corrected chi connectivity index (χ3v) is 4.95. The normalized spacial score (nSPS) is 28.1.